The Morgan fingerprint density at radius 1 is 1.57 bits per heavy atom. The molecule has 1 heterocycles. The van der Waals surface area contributed by atoms with Crippen molar-refractivity contribution in [3.63, 3.8) is 0 Å². The lowest BCUT2D eigenvalue weighted by molar-refractivity contribution is -0.125. The fourth-order valence-corrected chi connectivity index (χ4v) is 1.16. The van der Waals surface area contributed by atoms with Gasteiger partial charge in [0.15, 0.2) is 0 Å². The molecule has 0 unspecified atom stereocenters. The molecule has 1 rings (SSSR count). The Morgan fingerprint density at radius 2 is 2.29 bits per heavy atom. The Morgan fingerprint density at radius 3 is 2.79 bits per heavy atom. The van der Waals surface area contributed by atoms with Crippen molar-refractivity contribution in [2.75, 3.05) is 13.1 Å². The van der Waals surface area contributed by atoms with E-state index in [0.29, 0.717) is 0 Å². The van der Waals surface area contributed by atoms with Crippen molar-refractivity contribution in [3.8, 4) is 0 Å². The smallest absolute Gasteiger partial charge is 0.246 e. The number of aromatic amines is 1. The molecule has 4 nitrogen and oxygen atoms in total. The van der Waals surface area contributed by atoms with E-state index in [4.69, 9.17) is 0 Å². The van der Waals surface area contributed by atoms with Crippen molar-refractivity contribution < 1.29 is 4.79 Å². The van der Waals surface area contributed by atoms with E-state index in [0.717, 1.165) is 18.8 Å². The van der Waals surface area contributed by atoms with Gasteiger partial charge in [0, 0.05) is 19.2 Å². The zero-order chi connectivity index (χ0) is 10.4. The molecular weight excluding hydrogens is 178 g/mol. The second-order valence-corrected chi connectivity index (χ2v) is 2.85. The van der Waals surface area contributed by atoms with Crippen LogP contribution in [-0.2, 0) is 4.79 Å². The number of nitrogens with one attached hydrogen (secondary N) is 1. The summed E-state index contributed by atoms with van der Waals surface area (Å²) < 4.78 is 0. The number of nitrogens with zero attached hydrogens (tertiary/aromatic N) is 2. The number of imidazole rings is 1. The van der Waals surface area contributed by atoms with E-state index in [-0.39, 0.29) is 5.91 Å². The zero-order valence-electron chi connectivity index (χ0n) is 8.53. The second kappa shape index (κ2) is 5.21. The van der Waals surface area contributed by atoms with Crippen LogP contribution in [0.25, 0.3) is 6.08 Å². The molecule has 1 aromatic heterocycles. The molecule has 0 saturated carbocycles. The Hall–Kier alpha value is -1.58. The number of hydrogen-bond donors (Lipinski definition) is 1. The van der Waals surface area contributed by atoms with Gasteiger partial charge in [0.05, 0.1) is 18.2 Å². The van der Waals surface area contributed by atoms with Gasteiger partial charge in [-0.05, 0) is 19.9 Å². The predicted molar refractivity (Wildman–Crippen MR) is 55.5 cm³/mol. The van der Waals surface area contributed by atoms with Crippen LogP contribution in [0.5, 0.6) is 0 Å². The SMILES string of the molecule is CCN(CC)C(=O)/C=C/c1cnc[nH]1. The van der Waals surface area contributed by atoms with Gasteiger partial charge in [0.1, 0.15) is 0 Å². The topological polar surface area (TPSA) is 49.0 Å². The first-order valence-corrected chi connectivity index (χ1v) is 4.73. The molecule has 0 aromatic carbocycles. The van der Waals surface area contributed by atoms with Gasteiger partial charge in [-0.15, -0.1) is 0 Å². The number of H-pyrrole nitrogens is 1. The summed E-state index contributed by atoms with van der Waals surface area (Å²) in [5.74, 6) is 0.0320. The van der Waals surface area contributed by atoms with Crippen molar-refractivity contribution in [2.45, 2.75) is 13.8 Å². The summed E-state index contributed by atoms with van der Waals surface area (Å²) in [5.41, 5.74) is 0.838. The van der Waals surface area contributed by atoms with Gasteiger partial charge in [0.25, 0.3) is 0 Å². The molecule has 1 aromatic rings. The Balaban J connectivity index is 2.55. The van der Waals surface area contributed by atoms with Crippen LogP contribution in [0.1, 0.15) is 19.5 Å². The standard InChI is InChI=1S/C10H15N3O/c1-3-13(4-2)10(14)6-5-9-7-11-8-12-9/h5-8H,3-4H2,1-2H3,(H,11,12)/b6-5+. The molecule has 0 bridgehead atoms. The van der Waals surface area contributed by atoms with Crippen molar-refractivity contribution in [3.05, 3.63) is 24.3 Å². The zero-order valence-corrected chi connectivity index (χ0v) is 8.53. The van der Waals surface area contributed by atoms with E-state index in [2.05, 4.69) is 9.97 Å². The molecule has 0 fully saturated rings. The van der Waals surface area contributed by atoms with E-state index in [1.54, 1.807) is 29.6 Å². The highest BCUT2D eigenvalue weighted by molar-refractivity contribution is 5.91. The molecule has 0 saturated heterocycles. The number of hydrogen-bond acceptors (Lipinski definition) is 2. The van der Waals surface area contributed by atoms with E-state index in [9.17, 15) is 4.79 Å². The van der Waals surface area contributed by atoms with Gasteiger partial charge in [0.2, 0.25) is 5.91 Å². The molecule has 0 radical (unpaired) electrons. The average Bonchev–Trinajstić information content (AvgIpc) is 2.69. The highest BCUT2D eigenvalue weighted by Gasteiger charge is 2.04. The van der Waals surface area contributed by atoms with Gasteiger partial charge in [-0.2, -0.15) is 0 Å². The van der Waals surface area contributed by atoms with Crippen molar-refractivity contribution in [1.29, 1.82) is 0 Å². The molecule has 0 aliphatic rings. The quantitative estimate of drug-likeness (QED) is 0.732. The first-order valence-electron chi connectivity index (χ1n) is 4.73. The number of rotatable bonds is 4. The van der Waals surface area contributed by atoms with Gasteiger partial charge in [-0.3, -0.25) is 4.79 Å². The summed E-state index contributed by atoms with van der Waals surface area (Å²) in [7, 11) is 0. The molecule has 1 N–H and O–H groups in total. The van der Waals surface area contributed by atoms with Gasteiger partial charge >= 0.3 is 0 Å². The van der Waals surface area contributed by atoms with E-state index >= 15 is 0 Å². The van der Waals surface area contributed by atoms with Crippen LogP contribution in [0, 0.1) is 0 Å². The lowest BCUT2D eigenvalue weighted by Gasteiger charge is -2.15. The van der Waals surface area contributed by atoms with Crippen LogP contribution in [-0.4, -0.2) is 33.9 Å². The second-order valence-electron chi connectivity index (χ2n) is 2.85. The first kappa shape index (κ1) is 10.5. The summed E-state index contributed by atoms with van der Waals surface area (Å²) in [6, 6.07) is 0. The predicted octanol–water partition coefficient (Wildman–Crippen LogP) is 1.29. The first-order chi connectivity index (χ1) is 6.77. The van der Waals surface area contributed by atoms with E-state index < -0.39 is 0 Å². The summed E-state index contributed by atoms with van der Waals surface area (Å²) in [6.45, 7) is 5.40. The lowest BCUT2D eigenvalue weighted by Crippen LogP contribution is -2.28. The fraction of sp³-hybridized carbons (Fsp3) is 0.400. The average molecular weight is 193 g/mol. The molecule has 0 spiro atoms. The Bertz CT molecular complexity index is 299. The van der Waals surface area contributed by atoms with Crippen LogP contribution < -0.4 is 0 Å². The van der Waals surface area contributed by atoms with Crippen LogP contribution in [0.4, 0.5) is 0 Å². The van der Waals surface area contributed by atoms with Crippen LogP contribution in [0.3, 0.4) is 0 Å². The van der Waals surface area contributed by atoms with E-state index in [1.165, 1.54) is 0 Å². The molecule has 0 atom stereocenters. The van der Waals surface area contributed by atoms with Crippen LogP contribution in [0.2, 0.25) is 0 Å². The third-order valence-electron chi connectivity index (χ3n) is 2.00. The minimum Gasteiger partial charge on any atom is -0.345 e. The molecule has 0 aliphatic heterocycles. The summed E-state index contributed by atoms with van der Waals surface area (Å²) >= 11 is 0. The number of carbonyl (C=O) groups is 1. The molecule has 76 valence electrons. The maximum atomic E-state index is 11.5. The maximum absolute atomic E-state index is 11.5. The van der Waals surface area contributed by atoms with Crippen molar-refractivity contribution in [1.82, 2.24) is 14.9 Å². The van der Waals surface area contributed by atoms with Gasteiger partial charge < -0.3 is 9.88 Å². The monoisotopic (exact) mass is 193 g/mol. The normalized spacial score (nSPS) is 10.7. The van der Waals surface area contributed by atoms with Crippen LogP contribution >= 0.6 is 0 Å². The Labute approximate surface area is 83.6 Å². The lowest BCUT2D eigenvalue weighted by atomic mass is 10.3. The molecule has 0 aliphatic carbocycles. The number of aromatic nitrogens is 2. The van der Waals surface area contributed by atoms with Gasteiger partial charge in [-0.25, -0.2) is 4.98 Å². The van der Waals surface area contributed by atoms with Crippen molar-refractivity contribution in [2.24, 2.45) is 0 Å². The number of likely N-dealkylation sites (N-methyl/N-ethyl adjacent to an activating group) is 1. The number of carbonyl (C=O) groups excluding carboxylic acids is 1. The third-order valence-corrected chi connectivity index (χ3v) is 2.00. The third kappa shape index (κ3) is 2.73. The van der Waals surface area contributed by atoms with Crippen molar-refractivity contribution >= 4 is 12.0 Å². The fourth-order valence-electron chi connectivity index (χ4n) is 1.16. The highest BCUT2D eigenvalue weighted by Crippen LogP contribution is 1.97. The largest absolute Gasteiger partial charge is 0.345 e. The van der Waals surface area contributed by atoms with E-state index in [1.807, 2.05) is 13.8 Å². The maximum Gasteiger partial charge on any atom is 0.246 e. The molecule has 14 heavy (non-hydrogen) atoms. The summed E-state index contributed by atoms with van der Waals surface area (Å²) in [6.07, 6.45) is 6.54. The summed E-state index contributed by atoms with van der Waals surface area (Å²) in [4.78, 5) is 20.0. The minimum absolute atomic E-state index is 0.0320. The highest BCUT2D eigenvalue weighted by atomic mass is 16.2. The summed E-state index contributed by atoms with van der Waals surface area (Å²) in [5, 5.41) is 0. The van der Waals surface area contributed by atoms with Crippen LogP contribution in [0.15, 0.2) is 18.6 Å². The van der Waals surface area contributed by atoms with Gasteiger partial charge in [-0.1, -0.05) is 0 Å². The number of amides is 1. The molecule has 4 heteroatoms. The minimum atomic E-state index is 0.0320. The Kier molecular flexibility index (Phi) is 3.91. The molecular formula is C10H15N3O. The molecule has 1 amide bonds.